The number of hydrogen-bond donors (Lipinski definition) is 1. The molecule has 0 fully saturated rings. The van der Waals surface area contributed by atoms with Crippen LogP contribution in [0.1, 0.15) is 23.1 Å². The number of nitrogens with two attached hydrogens (primary N) is 1. The summed E-state index contributed by atoms with van der Waals surface area (Å²) in [5.74, 6) is 1.02. The van der Waals surface area contributed by atoms with Crippen molar-refractivity contribution in [3.05, 3.63) is 64.2 Å². The molecule has 1 aliphatic rings. The van der Waals surface area contributed by atoms with Crippen LogP contribution in [0.5, 0.6) is 5.75 Å². The van der Waals surface area contributed by atoms with Gasteiger partial charge in [0.2, 0.25) is 0 Å². The molecule has 0 saturated heterocycles. The maximum Gasteiger partial charge on any atom is 0.123 e. The summed E-state index contributed by atoms with van der Waals surface area (Å²) in [5.41, 5.74) is 10.1. The van der Waals surface area contributed by atoms with Crippen LogP contribution < -0.4 is 10.5 Å². The third-order valence-electron chi connectivity index (χ3n) is 3.93. The van der Waals surface area contributed by atoms with E-state index in [2.05, 4.69) is 25.1 Å². The Morgan fingerprint density at radius 2 is 2.00 bits per heavy atom. The SMILES string of the molecule is Cc1ccc2c(c1)CC(CC(N)Cc1ccc(Cl)cc1)O2. The molecule has 0 bridgehead atoms. The van der Waals surface area contributed by atoms with Gasteiger partial charge >= 0.3 is 0 Å². The monoisotopic (exact) mass is 301 g/mol. The van der Waals surface area contributed by atoms with E-state index in [-0.39, 0.29) is 12.1 Å². The molecular weight excluding hydrogens is 282 g/mol. The number of aryl methyl sites for hydroxylation is 1. The zero-order chi connectivity index (χ0) is 14.8. The molecule has 2 aromatic carbocycles. The molecule has 0 saturated carbocycles. The van der Waals surface area contributed by atoms with E-state index in [0.717, 1.165) is 30.0 Å². The van der Waals surface area contributed by atoms with Crippen LogP contribution in [0.3, 0.4) is 0 Å². The second kappa shape index (κ2) is 6.08. The standard InChI is InChI=1S/C18H20ClNO/c1-12-2-7-18-14(8-12)10-17(21-18)11-16(20)9-13-3-5-15(19)6-4-13/h2-8,16-17H,9-11,20H2,1H3. The lowest BCUT2D eigenvalue weighted by atomic mass is 9.98. The Balaban J connectivity index is 1.57. The summed E-state index contributed by atoms with van der Waals surface area (Å²) < 4.78 is 5.99. The van der Waals surface area contributed by atoms with E-state index in [1.165, 1.54) is 16.7 Å². The minimum Gasteiger partial charge on any atom is -0.490 e. The molecule has 2 unspecified atom stereocenters. The molecule has 0 amide bonds. The molecule has 2 N–H and O–H groups in total. The van der Waals surface area contributed by atoms with Crippen molar-refractivity contribution in [1.29, 1.82) is 0 Å². The maximum absolute atomic E-state index is 6.28. The molecule has 3 rings (SSSR count). The minimum absolute atomic E-state index is 0.103. The number of hydrogen-bond acceptors (Lipinski definition) is 2. The van der Waals surface area contributed by atoms with E-state index >= 15 is 0 Å². The van der Waals surface area contributed by atoms with Gasteiger partial charge in [0.15, 0.2) is 0 Å². The summed E-state index contributed by atoms with van der Waals surface area (Å²) in [7, 11) is 0. The smallest absolute Gasteiger partial charge is 0.123 e. The molecule has 2 aromatic rings. The lowest BCUT2D eigenvalue weighted by Crippen LogP contribution is -2.30. The van der Waals surface area contributed by atoms with Crippen molar-refractivity contribution in [1.82, 2.24) is 0 Å². The Morgan fingerprint density at radius 3 is 2.76 bits per heavy atom. The van der Waals surface area contributed by atoms with E-state index in [4.69, 9.17) is 22.1 Å². The molecular formula is C18H20ClNO. The Hall–Kier alpha value is -1.51. The molecule has 2 nitrogen and oxygen atoms in total. The Kier molecular flexibility index (Phi) is 4.18. The number of benzene rings is 2. The van der Waals surface area contributed by atoms with E-state index in [1.807, 2.05) is 24.3 Å². The van der Waals surface area contributed by atoms with Gasteiger partial charge in [0.25, 0.3) is 0 Å². The van der Waals surface area contributed by atoms with Gasteiger partial charge < -0.3 is 10.5 Å². The van der Waals surface area contributed by atoms with Crippen LogP contribution in [0.25, 0.3) is 0 Å². The number of fused-ring (bicyclic) bond motifs is 1. The fraction of sp³-hybridized carbons (Fsp3) is 0.333. The van der Waals surface area contributed by atoms with Crippen LogP contribution in [-0.2, 0) is 12.8 Å². The summed E-state index contributed by atoms with van der Waals surface area (Å²) >= 11 is 5.90. The maximum atomic E-state index is 6.28. The van der Waals surface area contributed by atoms with E-state index in [9.17, 15) is 0 Å². The van der Waals surface area contributed by atoms with Gasteiger partial charge in [-0.1, -0.05) is 41.4 Å². The molecule has 1 aliphatic heterocycles. The van der Waals surface area contributed by atoms with Crippen LogP contribution in [0, 0.1) is 6.92 Å². The lowest BCUT2D eigenvalue weighted by molar-refractivity contribution is 0.210. The molecule has 21 heavy (non-hydrogen) atoms. The highest BCUT2D eigenvalue weighted by molar-refractivity contribution is 6.30. The van der Waals surface area contributed by atoms with Crippen LogP contribution in [-0.4, -0.2) is 12.1 Å². The third kappa shape index (κ3) is 3.58. The zero-order valence-corrected chi connectivity index (χ0v) is 12.9. The highest BCUT2D eigenvalue weighted by atomic mass is 35.5. The summed E-state index contributed by atoms with van der Waals surface area (Å²) in [6.07, 6.45) is 2.89. The molecule has 2 atom stereocenters. The van der Waals surface area contributed by atoms with Gasteiger partial charge in [-0.15, -0.1) is 0 Å². The normalized spacial score (nSPS) is 18.1. The Morgan fingerprint density at radius 1 is 1.24 bits per heavy atom. The molecule has 110 valence electrons. The average Bonchev–Trinajstić information content (AvgIpc) is 2.82. The number of ether oxygens (including phenoxy) is 1. The van der Waals surface area contributed by atoms with Crippen molar-refractivity contribution < 1.29 is 4.74 Å². The first-order valence-corrected chi connectivity index (χ1v) is 7.74. The first kappa shape index (κ1) is 14.4. The lowest BCUT2D eigenvalue weighted by Gasteiger charge is -2.16. The highest BCUT2D eigenvalue weighted by Gasteiger charge is 2.24. The quantitative estimate of drug-likeness (QED) is 0.929. The van der Waals surface area contributed by atoms with Crippen LogP contribution in [0.2, 0.25) is 5.02 Å². The molecule has 0 spiro atoms. The summed E-state index contributed by atoms with van der Waals surface area (Å²) in [6, 6.07) is 14.4. The predicted octanol–water partition coefficient (Wildman–Crippen LogP) is 3.91. The van der Waals surface area contributed by atoms with Gasteiger partial charge in [0, 0.05) is 23.9 Å². The molecule has 1 heterocycles. The summed E-state index contributed by atoms with van der Waals surface area (Å²) in [4.78, 5) is 0. The van der Waals surface area contributed by atoms with Crippen LogP contribution in [0.4, 0.5) is 0 Å². The van der Waals surface area contributed by atoms with Gasteiger partial charge in [0.1, 0.15) is 11.9 Å². The fourth-order valence-electron chi connectivity index (χ4n) is 2.92. The average molecular weight is 302 g/mol. The van der Waals surface area contributed by atoms with Crippen LogP contribution in [0.15, 0.2) is 42.5 Å². The molecule has 0 aliphatic carbocycles. The van der Waals surface area contributed by atoms with Crippen molar-refractivity contribution >= 4 is 11.6 Å². The van der Waals surface area contributed by atoms with E-state index in [1.54, 1.807) is 0 Å². The molecule has 0 radical (unpaired) electrons. The Labute approximate surface area is 130 Å². The second-order valence-corrected chi connectivity index (χ2v) is 6.32. The van der Waals surface area contributed by atoms with Crippen LogP contribution >= 0.6 is 11.6 Å². The first-order chi connectivity index (χ1) is 10.1. The molecule has 3 heteroatoms. The van der Waals surface area contributed by atoms with Crippen molar-refractivity contribution in [3.8, 4) is 5.75 Å². The number of rotatable bonds is 4. The van der Waals surface area contributed by atoms with Crippen molar-refractivity contribution in [2.24, 2.45) is 5.73 Å². The summed E-state index contributed by atoms with van der Waals surface area (Å²) in [6.45, 7) is 2.11. The largest absolute Gasteiger partial charge is 0.490 e. The fourth-order valence-corrected chi connectivity index (χ4v) is 3.05. The highest BCUT2D eigenvalue weighted by Crippen LogP contribution is 2.31. The predicted molar refractivity (Wildman–Crippen MR) is 87.0 cm³/mol. The second-order valence-electron chi connectivity index (χ2n) is 5.88. The van der Waals surface area contributed by atoms with E-state index in [0.29, 0.717) is 0 Å². The van der Waals surface area contributed by atoms with Gasteiger partial charge in [-0.3, -0.25) is 0 Å². The van der Waals surface area contributed by atoms with E-state index < -0.39 is 0 Å². The number of halogens is 1. The van der Waals surface area contributed by atoms with Gasteiger partial charge in [0.05, 0.1) is 0 Å². The first-order valence-electron chi connectivity index (χ1n) is 7.36. The van der Waals surface area contributed by atoms with Gasteiger partial charge in [-0.25, -0.2) is 0 Å². The Bertz CT molecular complexity index is 624. The van der Waals surface area contributed by atoms with Crippen molar-refractivity contribution in [2.75, 3.05) is 0 Å². The minimum atomic E-state index is 0.103. The topological polar surface area (TPSA) is 35.2 Å². The molecule has 0 aromatic heterocycles. The van der Waals surface area contributed by atoms with Gasteiger partial charge in [-0.2, -0.15) is 0 Å². The summed E-state index contributed by atoms with van der Waals surface area (Å²) in [5, 5.41) is 0.761. The van der Waals surface area contributed by atoms with Crippen molar-refractivity contribution in [2.45, 2.75) is 38.3 Å². The van der Waals surface area contributed by atoms with Gasteiger partial charge in [-0.05, 0) is 42.7 Å². The van der Waals surface area contributed by atoms with Crippen molar-refractivity contribution in [3.63, 3.8) is 0 Å². The zero-order valence-electron chi connectivity index (χ0n) is 12.2. The third-order valence-corrected chi connectivity index (χ3v) is 4.19.